The third kappa shape index (κ3) is 6.00. The van der Waals surface area contributed by atoms with E-state index in [4.69, 9.17) is 9.47 Å². The van der Waals surface area contributed by atoms with E-state index < -0.39 is 0 Å². The van der Waals surface area contributed by atoms with Crippen LogP contribution in [-0.4, -0.2) is 13.2 Å². The summed E-state index contributed by atoms with van der Waals surface area (Å²) in [5, 5.41) is 0. The van der Waals surface area contributed by atoms with Crippen molar-refractivity contribution in [3.05, 3.63) is 23.8 Å². The lowest BCUT2D eigenvalue weighted by Gasteiger charge is -2.12. The van der Waals surface area contributed by atoms with Gasteiger partial charge in [-0.05, 0) is 44.4 Å². The van der Waals surface area contributed by atoms with Gasteiger partial charge in [-0.1, -0.05) is 38.7 Å². The minimum Gasteiger partial charge on any atom is -0.490 e. The van der Waals surface area contributed by atoms with Crippen LogP contribution in [0.1, 0.15) is 58.4 Å². The summed E-state index contributed by atoms with van der Waals surface area (Å²) in [6, 6.07) is 6.33. The van der Waals surface area contributed by atoms with Crippen LogP contribution >= 0.6 is 0 Å². The number of rotatable bonds is 10. The monoisotopic (exact) mass is 264 g/mol. The minimum atomic E-state index is 0.677. The smallest absolute Gasteiger partial charge is 0.161 e. The minimum absolute atomic E-state index is 0.677. The van der Waals surface area contributed by atoms with Crippen molar-refractivity contribution in [3.63, 3.8) is 0 Å². The van der Waals surface area contributed by atoms with Crippen molar-refractivity contribution >= 4 is 0 Å². The van der Waals surface area contributed by atoms with Gasteiger partial charge in [0, 0.05) is 0 Å². The molecule has 0 atom stereocenters. The maximum Gasteiger partial charge on any atom is 0.161 e. The molecule has 0 spiro atoms. The summed E-state index contributed by atoms with van der Waals surface area (Å²) in [5.41, 5.74) is 1.35. The molecule has 0 N–H and O–H groups in total. The molecule has 19 heavy (non-hydrogen) atoms. The SMILES string of the molecule is CCCCCCCc1ccc(OCC)c(OCC)c1. The van der Waals surface area contributed by atoms with Crippen LogP contribution < -0.4 is 9.47 Å². The Balaban J connectivity index is 2.51. The molecule has 0 heterocycles. The number of hydrogen-bond acceptors (Lipinski definition) is 2. The highest BCUT2D eigenvalue weighted by Gasteiger charge is 2.05. The zero-order valence-electron chi connectivity index (χ0n) is 12.7. The lowest BCUT2D eigenvalue weighted by molar-refractivity contribution is 0.287. The lowest BCUT2D eigenvalue weighted by atomic mass is 10.1. The van der Waals surface area contributed by atoms with E-state index in [2.05, 4.69) is 19.1 Å². The van der Waals surface area contributed by atoms with Gasteiger partial charge in [0.1, 0.15) is 0 Å². The van der Waals surface area contributed by atoms with Gasteiger partial charge in [0.2, 0.25) is 0 Å². The summed E-state index contributed by atoms with van der Waals surface area (Å²) in [6.45, 7) is 7.61. The molecule has 1 rings (SSSR count). The first-order valence-corrected chi connectivity index (χ1v) is 7.70. The Morgan fingerprint density at radius 3 is 2.16 bits per heavy atom. The fraction of sp³-hybridized carbons (Fsp3) is 0.647. The average Bonchev–Trinajstić information content (AvgIpc) is 2.42. The van der Waals surface area contributed by atoms with Gasteiger partial charge in [0.25, 0.3) is 0 Å². The third-order valence-electron chi connectivity index (χ3n) is 3.18. The zero-order valence-corrected chi connectivity index (χ0v) is 12.7. The summed E-state index contributed by atoms with van der Waals surface area (Å²) in [6.07, 6.45) is 7.73. The highest BCUT2D eigenvalue weighted by molar-refractivity contribution is 5.43. The number of unbranched alkanes of at least 4 members (excludes halogenated alkanes) is 4. The Morgan fingerprint density at radius 1 is 0.789 bits per heavy atom. The van der Waals surface area contributed by atoms with E-state index in [0.29, 0.717) is 13.2 Å². The van der Waals surface area contributed by atoms with Gasteiger partial charge in [-0.2, -0.15) is 0 Å². The van der Waals surface area contributed by atoms with Gasteiger partial charge in [-0.15, -0.1) is 0 Å². The Hall–Kier alpha value is -1.18. The number of aryl methyl sites for hydroxylation is 1. The summed E-state index contributed by atoms with van der Waals surface area (Å²) in [5.74, 6) is 1.74. The lowest BCUT2D eigenvalue weighted by Crippen LogP contribution is -1.99. The number of benzene rings is 1. The third-order valence-corrected chi connectivity index (χ3v) is 3.18. The van der Waals surface area contributed by atoms with Crippen LogP contribution in [0, 0.1) is 0 Å². The number of ether oxygens (including phenoxy) is 2. The molecule has 0 saturated carbocycles. The molecule has 0 aromatic heterocycles. The maximum atomic E-state index is 5.65. The molecule has 1 aromatic carbocycles. The average molecular weight is 264 g/mol. The second-order valence-electron chi connectivity index (χ2n) is 4.81. The number of hydrogen-bond donors (Lipinski definition) is 0. The summed E-state index contributed by atoms with van der Waals surface area (Å²) >= 11 is 0. The molecule has 0 aliphatic carbocycles. The highest BCUT2D eigenvalue weighted by atomic mass is 16.5. The molecule has 1 aromatic rings. The molecule has 0 amide bonds. The molecule has 0 bridgehead atoms. The quantitative estimate of drug-likeness (QED) is 0.554. The van der Waals surface area contributed by atoms with Crippen molar-refractivity contribution in [2.24, 2.45) is 0 Å². The van der Waals surface area contributed by atoms with E-state index >= 15 is 0 Å². The van der Waals surface area contributed by atoms with Crippen LogP contribution in [0.4, 0.5) is 0 Å². The maximum absolute atomic E-state index is 5.65. The van der Waals surface area contributed by atoms with Crippen molar-refractivity contribution in [2.75, 3.05) is 13.2 Å². The van der Waals surface area contributed by atoms with Crippen LogP contribution in [-0.2, 0) is 6.42 Å². The van der Waals surface area contributed by atoms with Gasteiger partial charge in [-0.3, -0.25) is 0 Å². The second kappa shape index (κ2) is 9.71. The first kappa shape index (κ1) is 15.9. The fourth-order valence-electron chi connectivity index (χ4n) is 2.18. The molecule has 0 aliphatic rings. The fourth-order valence-corrected chi connectivity index (χ4v) is 2.18. The molecule has 2 heteroatoms. The van der Waals surface area contributed by atoms with Gasteiger partial charge >= 0.3 is 0 Å². The van der Waals surface area contributed by atoms with Crippen LogP contribution in [0.3, 0.4) is 0 Å². The van der Waals surface area contributed by atoms with Gasteiger partial charge < -0.3 is 9.47 Å². The van der Waals surface area contributed by atoms with E-state index in [1.807, 2.05) is 19.9 Å². The van der Waals surface area contributed by atoms with Crippen LogP contribution in [0.2, 0.25) is 0 Å². The summed E-state index contributed by atoms with van der Waals surface area (Å²) < 4.78 is 11.2. The standard InChI is InChI=1S/C17H28O2/c1-4-7-8-9-10-11-15-12-13-16(18-5-2)17(14-15)19-6-3/h12-14H,4-11H2,1-3H3. The van der Waals surface area contributed by atoms with E-state index in [0.717, 1.165) is 17.9 Å². The molecular formula is C17H28O2. The van der Waals surface area contributed by atoms with Gasteiger partial charge in [0.05, 0.1) is 13.2 Å². The second-order valence-corrected chi connectivity index (χ2v) is 4.81. The first-order chi connectivity index (χ1) is 9.31. The van der Waals surface area contributed by atoms with E-state index in [9.17, 15) is 0 Å². The van der Waals surface area contributed by atoms with Crippen molar-refractivity contribution < 1.29 is 9.47 Å². The molecule has 0 aliphatic heterocycles. The zero-order chi connectivity index (χ0) is 13.9. The summed E-state index contributed by atoms with van der Waals surface area (Å²) in [4.78, 5) is 0. The Labute approximate surface area is 118 Å². The van der Waals surface area contributed by atoms with Crippen molar-refractivity contribution in [1.82, 2.24) is 0 Å². The predicted octanol–water partition coefficient (Wildman–Crippen LogP) is 5.00. The topological polar surface area (TPSA) is 18.5 Å². The molecular weight excluding hydrogens is 236 g/mol. The van der Waals surface area contributed by atoms with E-state index in [-0.39, 0.29) is 0 Å². The van der Waals surface area contributed by atoms with E-state index in [1.54, 1.807) is 0 Å². The predicted molar refractivity (Wildman–Crippen MR) is 81.2 cm³/mol. The van der Waals surface area contributed by atoms with Crippen molar-refractivity contribution in [1.29, 1.82) is 0 Å². The molecule has 0 fully saturated rings. The molecule has 0 unspecified atom stereocenters. The normalized spacial score (nSPS) is 10.5. The first-order valence-electron chi connectivity index (χ1n) is 7.70. The van der Waals surface area contributed by atoms with Gasteiger partial charge in [-0.25, -0.2) is 0 Å². The molecule has 0 saturated heterocycles. The molecule has 108 valence electrons. The Bertz CT molecular complexity index is 347. The van der Waals surface area contributed by atoms with E-state index in [1.165, 1.54) is 37.7 Å². The largest absolute Gasteiger partial charge is 0.490 e. The van der Waals surface area contributed by atoms with Crippen molar-refractivity contribution in [2.45, 2.75) is 59.3 Å². The Morgan fingerprint density at radius 2 is 1.47 bits per heavy atom. The molecule has 2 nitrogen and oxygen atoms in total. The van der Waals surface area contributed by atoms with Gasteiger partial charge in [0.15, 0.2) is 11.5 Å². The van der Waals surface area contributed by atoms with Crippen LogP contribution in [0.25, 0.3) is 0 Å². The van der Waals surface area contributed by atoms with Crippen molar-refractivity contribution in [3.8, 4) is 11.5 Å². The van der Waals surface area contributed by atoms with Crippen LogP contribution in [0.5, 0.6) is 11.5 Å². The molecule has 0 radical (unpaired) electrons. The Kier molecular flexibility index (Phi) is 8.11. The summed E-state index contributed by atoms with van der Waals surface area (Å²) in [7, 11) is 0. The highest BCUT2D eigenvalue weighted by Crippen LogP contribution is 2.29. The van der Waals surface area contributed by atoms with Crippen LogP contribution in [0.15, 0.2) is 18.2 Å².